The highest BCUT2D eigenvalue weighted by Crippen LogP contribution is 2.17. The third-order valence-corrected chi connectivity index (χ3v) is 3.27. The molecule has 1 aromatic heterocycles. The van der Waals surface area contributed by atoms with Crippen LogP contribution in [0.2, 0.25) is 0 Å². The molecule has 94 valence electrons. The average molecular weight is 308 g/mol. The summed E-state index contributed by atoms with van der Waals surface area (Å²) < 4.78 is 5.35. The number of aryl methyl sites for hydroxylation is 2. The lowest BCUT2D eigenvalue weighted by atomic mass is 10.2. The van der Waals surface area contributed by atoms with E-state index in [0.717, 1.165) is 22.3 Å². The van der Waals surface area contributed by atoms with E-state index in [-0.39, 0.29) is 5.91 Å². The van der Waals surface area contributed by atoms with Gasteiger partial charge in [-0.3, -0.25) is 4.79 Å². The van der Waals surface area contributed by atoms with Crippen LogP contribution >= 0.6 is 15.9 Å². The molecule has 2 rings (SSSR count). The zero-order chi connectivity index (χ0) is 13.1. The molecular weight excluding hydrogens is 294 g/mol. The Morgan fingerprint density at radius 1 is 1.33 bits per heavy atom. The molecule has 2 aromatic rings. The molecule has 0 spiro atoms. The fourth-order valence-electron chi connectivity index (χ4n) is 1.79. The van der Waals surface area contributed by atoms with Gasteiger partial charge in [-0.1, -0.05) is 28.1 Å². The lowest BCUT2D eigenvalue weighted by molar-refractivity contribution is 0.102. The topological polar surface area (TPSA) is 42.2 Å². The number of carbonyl (C=O) groups excluding carboxylic acids is 1. The first-order valence-electron chi connectivity index (χ1n) is 5.63. The van der Waals surface area contributed by atoms with E-state index >= 15 is 0 Å². The minimum absolute atomic E-state index is 0.143. The van der Waals surface area contributed by atoms with Gasteiger partial charge in [-0.2, -0.15) is 0 Å². The van der Waals surface area contributed by atoms with Crippen LogP contribution in [0.4, 0.5) is 5.69 Å². The van der Waals surface area contributed by atoms with E-state index < -0.39 is 0 Å². The maximum atomic E-state index is 12.1. The third-order valence-electron chi connectivity index (χ3n) is 2.62. The maximum Gasteiger partial charge on any atom is 0.259 e. The van der Waals surface area contributed by atoms with Crippen molar-refractivity contribution in [1.82, 2.24) is 0 Å². The Balaban J connectivity index is 2.18. The molecule has 1 N–H and O–H groups in total. The van der Waals surface area contributed by atoms with Gasteiger partial charge in [-0.15, -0.1) is 0 Å². The molecule has 0 aliphatic rings. The first-order valence-corrected chi connectivity index (χ1v) is 6.75. The van der Waals surface area contributed by atoms with Gasteiger partial charge in [0.15, 0.2) is 0 Å². The smallest absolute Gasteiger partial charge is 0.259 e. The fourth-order valence-corrected chi connectivity index (χ4v) is 2.14. The van der Waals surface area contributed by atoms with E-state index in [0.29, 0.717) is 11.3 Å². The Bertz CT molecular complexity index is 575. The summed E-state index contributed by atoms with van der Waals surface area (Å²) in [6.45, 7) is 3.62. The molecule has 0 bridgehead atoms. The second-order valence-electron chi connectivity index (χ2n) is 4.12. The van der Waals surface area contributed by atoms with Gasteiger partial charge >= 0.3 is 0 Å². The molecule has 3 nitrogen and oxygen atoms in total. The van der Waals surface area contributed by atoms with Crippen molar-refractivity contribution in [2.75, 3.05) is 5.32 Å². The second kappa shape index (κ2) is 5.40. The average Bonchev–Trinajstić information content (AvgIpc) is 2.69. The number of benzene rings is 1. The van der Waals surface area contributed by atoms with Gasteiger partial charge in [0.05, 0.1) is 5.56 Å². The SMILES string of the molecule is Cc1cc(C(=O)Nc2cccc(CBr)c2)c(C)o1. The summed E-state index contributed by atoms with van der Waals surface area (Å²) >= 11 is 3.39. The van der Waals surface area contributed by atoms with Gasteiger partial charge in [-0.05, 0) is 37.6 Å². The highest BCUT2D eigenvalue weighted by molar-refractivity contribution is 9.08. The lowest BCUT2D eigenvalue weighted by Gasteiger charge is -2.05. The highest BCUT2D eigenvalue weighted by atomic mass is 79.9. The number of halogens is 1. The van der Waals surface area contributed by atoms with Crippen molar-refractivity contribution in [3.05, 3.63) is 53.0 Å². The summed E-state index contributed by atoms with van der Waals surface area (Å²) in [6, 6.07) is 9.47. The van der Waals surface area contributed by atoms with E-state index in [2.05, 4.69) is 21.2 Å². The first-order chi connectivity index (χ1) is 8.60. The molecule has 0 radical (unpaired) electrons. The molecule has 0 aliphatic heterocycles. The van der Waals surface area contributed by atoms with Gasteiger partial charge in [-0.25, -0.2) is 0 Å². The molecule has 0 aliphatic carbocycles. The van der Waals surface area contributed by atoms with Crippen molar-refractivity contribution < 1.29 is 9.21 Å². The number of hydrogen-bond acceptors (Lipinski definition) is 2. The Morgan fingerprint density at radius 3 is 2.72 bits per heavy atom. The number of alkyl halides is 1. The minimum Gasteiger partial charge on any atom is -0.466 e. The number of carbonyl (C=O) groups is 1. The molecule has 1 aromatic carbocycles. The fraction of sp³-hybridized carbons (Fsp3) is 0.214. The predicted octanol–water partition coefficient (Wildman–Crippen LogP) is 4.04. The predicted molar refractivity (Wildman–Crippen MR) is 75.2 cm³/mol. The van der Waals surface area contributed by atoms with Crippen LogP contribution in [0.15, 0.2) is 34.7 Å². The van der Waals surface area contributed by atoms with Crippen molar-refractivity contribution in [2.45, 2.75) is 19.2 Å². The summed E-state index contributed by atoms with van der Waals surface area (Å²) in [7, 11) is 0. The Kier molecular flexibility index (Phi) is 3.87. The van der Waals surface area contributed by atoms with Crippen LogP contribution in [0.3, 0.4) is 0 Å². The summed E-state index contributed by atoms with van der Waals surface area (Å²) in [5.74, 6) is 1.24. The molecule has 0 fully saturated rings. The van der Waals surface area contributed by atoms with Gasteiger partial charge in [0, 0.05) is 11.0 Å². The summed E-state index contributed by atoms with van der Waals surface area (Å²) in [5, 5.41) is 3.63. The monoisotopic (exact) mass is 307 g/mol. The molecule has 1 heterocycles. The molecule has 0 saturated heterocycles. The number of rotatable bonds is 3. The molecule has 0 saturated carbocycles. The van der Waals surface area contributed by atoms with Crippen molar-refractivity contribution >= 4 is 27.5 Å². The van der Waals surface area contributed by atoms with Crippen LogP contribution in [-0.2, 0) is 5.33 Å². The van der Waals surface area contributed by atoms with Gasteiger partial charge in [0.1, 0.15) is 11.5 Å². The maximum absolute atomic E-state index is 12.1. The van der Waals surface area contributed by atoms with E-state index in [4.69, 9.17) is 4.42 Å². The molecule has 0 unspecified atom stereocenters. The number of hydrogen-bond donors (Lipinski definition) is 1. The quantitative estimate of drug-likeness (QED) is 0.869. The molecule has 0 atom stereocenters. The van der Waals surface area contributed by atoms with Crippen molar-refractivity contribution in [1.29, 1.82) is 0 Å². The number of furan rings is 1. The molecule has 18 heavy (non-hydrogen) atoms. The lowest BCUT2D eigenvalue weighted by Crippen LogP contribution is -2.12. The number of nitrogens with one attached hydrogen (secondary N) is 1. The highest BCUT2D eigenvalue weighted by Gasteiger charge is 2.13. The standard InChI is InChI=1S/C14H14BrNO2/c1-9-6-13(10(2)18-9)14(17)16-12-5-3-4-11(7-12)8-15/h3-7H,8H2,1-2H3,(H,16,17). The number of amides is 1. The largest absolute Gasteiger partial charge is 0.466 e. The van der Waals surface area contributed by atoms with E-state index in [1.165, 1.54) is 0 Å². The van der Waals surface area contributed by atoms with Crippen molar-refractivity contribution in [3.63, 3.8) is 0 Å². The molecule has 4 heteroatoms. The van der Waals surface area contributed by atoms with Gasteiger partial charge < -0.3 is 9.73 Å². The Hall–Kier alpha value is -1.55. The zero-order valence-electron chi connectivity index (χ0n) is 10.3. The van der Waals surface area contributed by atoms with E-state index in [1.807, 2.05) is 31.2 Å². The molecule has 1 amide bonds. The Morgan fingerprint density at radius 2 is 2.11 bits per heavy atom. The molecular formula is C14H14BrNO2. The van der Waals surface area contributed by atoms with Crippen LogP contribution in [0.25, 0.3) is 0 Å². The van der Waals surface area contributed by atoms with Crippen molar-refractivity contribution in [3.8, 4) is 0 Å². The first kappa shape index (κ1) is 12.9. The number of anilines is 1. The van der Waals surface area contributed by atoms with Crippen LogP contribution in [0.1, 0.15) is 27.4 Å². The minimum atomic E-state index is -0.143. The summed E-state index contributed by atoms with van der Waals surface area (Å²) in [5.41, 5.74) is 2.49. The summed E-state index contributed by atoms with van der Waals surface area (Å²) in [6.07, 6.45) is 0. The van der Waals surface area contributed by atoms with Gasteiger partial charge in [0.2, 0.25) is 0 Å². The van der Waals surface area contributed by atoms with Crippen LogP contribution in [0, 0.1) is 13.8 Å². The van der Waals surface area contributed by atoms with E-state index in [9.17, 15) is 4.79 Å². The second-order valence-corrected chi connectivity index (χ2v) is 4.68. The third kappa shape index (κ3) is 2.82. The Labute approximate surface area is 114 Å². The van der Waals surface area contributed by atoms with Crippen LogP contribution in [-0.4, -0.2) is 5.91 Å². The van der Waals surface area contributed by atoms with E-state index in [1.54, 1.807) is 13.0 Å². The van der Waals surface area contributed by atoms with Crippen LogP contribution < -0.4 is 5.32 Å². The van der Waals surface area contributed by atoms with Crippen LogP contribution in [0.5, 0.6) is 0 Å². The van der Waals surface area contributed by atoms with Crippen molar-refractivity contribution in [2.24, 2.45) is 0 Å². The summed E-state index contributed by atoms with van der Waals surface area (Å²) in [4.78, 5) is 12.1. The zero-order valence-corrected chi connectivity index (χ0v) is 11.9. The normalized spacial score (nSPS) is 10.4. The van der Waals surface area contributed by atoms with Gasteiger partial charge in [0.25, 0.3) is 5.91 Å².